The van der Waals surface area contributed by atoms with Crippen LogP contribution in [0.4, 0.5) is 0 Å². The number of hydrogen-bond acceptors (Lipinski definition) is 7. The average molecular weight is 614 g/mol. The molecule has 0 aromatic heterocycles. The SMILES string of the molecule is CS(=O)(=O)c1ccc(CN2CCC3(CCN(C([C@@H]4CNC[C@@H]4c4ccccc4)S(=O)(=O)C4CCCC4)CC3)C2=O)cc1. The van der Waals surface area contributed by atoms with Crippen molar-refractivity contribution in [2.45, 2.75) is 72.9 Å². The molecule has 42 heavy (non-hydrogen) atoms. The number of piperidine rings is 1. The fourth-order valence-corrected chi connectivity index (χ4v) is 11.4. The molecule has 6 rings (SSSR count). The lowest BCUT2D eigenvalue weighted by atomic mass is 9.76. The third kappa shape index (κ3) is 5.67. The lowest BCUT2D eigenvalue weighted by Crippen LogP contribution is -2.55. The van der Waals surface area contributed by atoms with Crippen LogP contribution in [0.1, 0.15) is 62.0 Å². The van der Waals surface area contributed by atoms with Crippen LogP contribution in [0, 0.1) is 11.3 Å². The molecule has 3 heterocycles. The normalized spacial score (nSPS) is 26.3. The van der Waals surface area contributed by atoms with E-state index >= 15 is 0 Å². The molecule has 3 aliphatic heterocycles. The predicted molar refractivity (Wildman–Crippen MR) is 163 cm³/mol. The molecule has 1 unspecified atom stereocenters. The average Bonchev–Trinajstić information content (AvgIpc) is 3.74. The van der Waals surface area contributed by atoms with E-state index in [4.69, 9.17) is 0 Å². The number of likely N-dealkylation sites (tertiary alicyclic amines) is 2. The van der Waals surface area contributed by atoms with E-state index in [1.165, 1.54) is 11.8 Å². The summed E-state index contributed by atoms with van der Waals surface area (Å²) in [6.07, 6.45) is 6.77. The highest BCUT2D eigenvalue weighted by atomic mass is 32.2. The van der Waals surface area contributed by atoms with Crippen LogP contribution in [0.2, 0.25) is 0 Å². The van der Waals surface area contributed by atoms with Gasteiger partial charge in [-0.3, -0.25) is 9.69 Å². The summed E-state index contributed by atoms with van der Waals surface area (Å²) in [5, 5.41) is 2.70. The van der Waals surface area contributed by atoms with Gasteiger partial charge in [-0.15, -0.1) is 0 Å². The number of rotatable bonds is 8. The number of nitrogens with zero attached hydrogens (tertiary/aromatic N) is 2. The van der Waals surface area contributed by atoms with E-state index in [1.807, 2.05) is 23.1 Å². The maximum atomic E-state index is 14.3. The number of benzene rings is 2. The van der Waals surface area contributed by atoms with Gasteiger partial charge in [0.15, 0.2) is 19.7 Å². The van der Waals surface area contributed by atoms with Gasteiger partial charge in [0.25, 0.3) is 0 Å². The summed E-state index contributed by atoms with van der Waals surface area (Å²) in [4.78, 5) is 18.2. The van der Waals surface area contributed by atoms with Gasteiger partial charge in [0, 0.05) is 57.4 Å². The summed E-state index contributed by atoms with van der Waals surface area (Å²) < 4.78 is 52.3. The van der Waals surface area contributed by atoms with Crippen LogP contribution in [-0.4, -0.2) is 82.1 Å². The van der Waals surface area contributed by atoms with Crippen molar-refractivity contribution < 1.29 is 21.6 Å². The molecule has 1 amide bonds. The Balaban J connectivity index is 1.19. The highest BCUT2D eigenvalue weighted by molar-refractivity contribution is 7.92. The van der Waals surface area contributed by atoms with E-state index in [0.29, 0.717) is 45.6 Å². The van der Waals surface area contributed by atoms with E-state index in [0.717, 1.165) is 44.2 Å². The van der Waals surface area contributed by atoms with Gasteiger partial charge < -0.3 is 10.2 Å². The van der Waals surface area contributed by atoms with Crippen LogP contribution in [-0.2, 0) is 31.0 Å². The monoisotopic (exact) mass is 613 g/mol. The van der Waals surface area contributed by atoms with Gasteiger partial charge in [-0.05, 0) is 55.4 Å². The molecule has 1 N–H and O–H groups in total. The topological polar surface area (TPSA) is 104 Å². The van der Waals surface area contributed by atoms with Crippen molar-refractivity contribution in [3.05, 3.63) is 65.7 Å². The van der Waals surface area contributed by atoms with E-state index in [2.05, 4.69) is 22.3 Å². The highest BCUT2D eigenvalue weighted by Crippen LogP contribution is 2.45. The molecule has 1 spiro atoms. The minimum Gasteiger partial charge on any atom is -0.338 e. The molecule has 4 fully saturated rings. The molecule has 8 nitrogen and oxygen atoms in total. The smallest absolute Gasteiger partial charge is 0.229 e. The first kappa shape index (κ1) is 29.8. The van der Waals surface area contributed by atoms with Gasteiger partial charge in [-0.2, -0.15) is 0 Å². The lowest BCUT2D eigenvalue weighted by molar-refractivity contribution is -0.139. The van der Waals surface area contributed by atoms with Crippen LogP contribution in [0.15, 0.2) is 59.5 Å². The molecule has 3 saturated heterocycles. The summed E-state index contributed by atoms with van der Waals surface area (Å²) >= 11 is 0. The summed E-state index contributed by atoms with van der Waals surface area (Å²) in [5.41, 5.74) is 1.66. The number of amides is 1. The van der Waals surface area contributed by atoms with Crippen molar-refractivity contribution in [3.63, 3.8) is 0 Å². The zero-order valence-corrected chi connectivity index (χ0v) is 26.1. The molecule has 4 aliphatic rings. The fraction of sp³-hybridized carbons (Fsp3) is 0.594. The van der Waals surface area contributed by atoms with Crippen LogP contribution >= 0.6 is 0 Å². The minimum atomic E-state index is -3.39. The maximum Gasteiger partial charge on any atom is 0.229 e. The van der Waals surface area contributed by atoms with Crippen LogP contribution in [0.3, 0.4) is 0 Å². The van der Waals surface area contributed by atoms with Gasteiger partial charge in [-0.1, -0.05) is 55.3 Å². The Kier molecular flexibility index (Phi) is 8.28. The molecule has 228 valence electrons. The molecule has 1 saturated carbocycles. The Morgan fingerprint density at radius 3 is 2.17 bits per heavy atom. The van der Waals surface area contributed by atoms with Crippen molar-refractivity contribution in [3.8, 4) is 0 Å². The zero-order valence-electron chi connectivity index (χ0n) is 24.5. The summed E-state index contributed by atoms with van der Waals surface area (Å²) in [7, 11) is -6.66. The predicted octanol–water partition coefficient (Wildman–Crippen LogP) is 3.59. The summed E-state index contributed by atoms with van der Waals surface area (Å²) in [5.74, 6) is 0.257. The van der Waals surface area contributed by atoms with E-state index in [-0.39, 0.29) is 27.9 Å². The lowest BCUT2D eigenvalue weighted by Gasteiger charge is -2.44. The molecule has 0 bridgehead atoms. The Morgan fingerprint density at radius 1 is 0.881 bits per heavy atom. The van der Waals surface area contributed by atoms with E-state index in [1.54, 1.807) is 24.3 Å². The Labute approximate surface area is 250 Å². The molecule has 1 aliphatic carbocycles. The third-order valence-corrected chi connectivity index (χ3v) is 14.2. The van der Waals surface area contributed by atoms with Crippen molar-refractivity contribution in [1.82, 2.24) is 15.1 Å². The number of carbonyl (C=O) groups is 1. The molecule has 3 atom stereocenters. The molecular formula is C32H43N3O5S2. The van der Waals surface area contributed by atoms with Crippen molar-refractivity contribution in [1.29, 1.82) is 0 Å². The Bertz CT molecular complexity index is 1480. The van der Waals surface area contributed by atoms with Gasteiger partial charge in [0.1, 0.15) is 5.37 Å². The van der Waals surface area contributed by atoms with Gasteiger partial charge in [-0.25, -0.2) is 16.8 Å². The zero-order chi connectivity index (χ0) is 29.5. The summed E-state index contributed by atoms with van der Waals surface area (Å²) in [6.45, 7) is 3.80. The molecule has 2 aromatic rings. The van der Waals surface area contributed by atoms with Crippen molar-refractivity contribution >= 4 is 25.6 Å². The van der Waals surface area contributed by atoms with Crippen LogP contribution < -0.4 is 5.32 Å². The largest absolute Gasteiger partial charge is 0.338 e. The standard InChI is InChI=1S/C32H43N3O5S2/c1-41(37,38)26-13-11-24(12-14-26)23-35-20-17-32(31(35)36)15-18-34(19-16-32)30(42(39,40)27-9-5-6-10-27)29-22-33-21-28(29)25-7-3-2-4-8-25/h2-4,7-8,11-14,27-30,33H,5-6,9-10,15-23H2,1H3/t28-,29-,30?/m1/s1. The van der Waals surface area contributed by atoms with Crippen molar-refractivity contribution in [2.75, 3.05) is 39.0 Å². The van der Waals surface area contributed by atoms with E-state index in [9.17, 15) is 21.6 Å². The number of hydrogen-bond donors (Lipinski definition) is 1. The Hall–Kier alpha value is -2.27. The minimum absolute atomic E-state index is 0.0299. The molecule has 2 aromatic carbocycles. The number of nitrogens with one attached hydrogen (secondary N) is 1. The first-order chi connectivity index (χ1) is 20.1. The van der Waals surface area contributed by atoms with E-state index < -0.39 is 30.5 Å². The molecule has 0 radical (unpaired) electrons. The second kappa shape index (κ2) is 11.7. The third-order valence-electron chi connectivity index (χ3n) is 10.4. The van der Waals surface area contributed by atoms with Gasteiger partial charge >= 0.3 is 0 Å². The van der Waals surface area contributed by atoms with Crippen LogP contribution in [0.5, 0.6) is 0 Å². The summed E-state index contributed by atoms with van der Waals surface area (Å²) in [6, 6.07) is 17.1. The second-order valence-corrected chi connectivity index (χ2v) is 17.3. The second-order valence-electron chi connectivity index (χ2n) is 12.9. The first-order valence-corrected chi connectivity index (χ1v) is 18.9. The number of carbonyl (C=O) groups excluding carboxylic acids is 1. The van der Waals surface area contributed by atoms with Crippen LogP contribution in [0.25, 0.3) is 0 Å². The maximum absolute atomic E-state index is 14.3. The number of sulfone groups is 2. The molecular weight excluding hydrogens is 571 g/mol. The van der Waals surface area contributed by atoms with Gasteiger partial charge in [0.05, 0.1) is 15.6 Å². The Morgan fingerprint density at radius 2 is 1.52 bits per heavy atom. The molecule has 10 heteroatoms. The first-order valence-electron chi connectivity index (χ1n) is 15.4. The quantitative estimate of drug-likeness (QED) is 0.485. The van der Waals surface area contributed by atoms with Gasteiger partial charge in [0.2, 0.25) is 5.91 Å². The fourth-order valence-electron chi connectivity index (χ4n) is 7.98. The highest BCUT2D eigenvalue weighted by Gasteiger charge is 2.53. The van der Waals surface area contributed by atoms with Crippen molar-refractivity contribution in [2.24, 2.45) is 11.3 Å².